The molecule has 2 aromatic rings. The second-order valence-corrected chi connectivity index (χ2v) is 4.19. The lowest BCUT2D eigenvalue weighted by Gasteiger charge is -2.13. The topological polar surface area (TPSA) is 0 Å². The van der Waals surface area contributed by atoms with Crippen molar-refractivity contribution in [3.05, 3.63) is 59.7 Å². The maximum absolute atomic E-state index is 5.33. The summed E-state index contributed by atoms with van der Waals surface area (Å²) in [6.07, 6.45) is 5.14. The Morgan fingerprint density at radius 3 is 3.07 bits per heavy atom. The molecule has 1 heteroatoms. The summed E-state index contributed by atoms with van der Waals surface area (Å²) in [4.78, 5) is 0.946. The van der Waals surface area contributed by atoms with Crippen LogP contribution in [0, 0.1) is 6.07 Å². The quantitative estimate of drug-likeness (QED) is 0.599. The average molecular weight is 209 g/mol. The van der Waals surface area contributed by atoms with Crippen LogP contribution in [0.4, 0.5) is 0 Å². The summed E-state index contributed by atoms with van der Waals surface area (Å²) in [6.45, 7) is 0. The van der Waals surface area contributed by atoms with Gasteiger partial charge in [0, 0.05) is 4.86 Å². The Morgan fingerprint density at radius 2 is 2.13 bits per heavy atom. The Bertz CT molecular complexity index is 579. The van der Waals surface area contributed by atoms with Gasteiger partial charge in [0.15, 0.2) is 0 Å². The molecule has 1 aliphatic carbocycles. The van der Waals surface area contributed by atoms with E-state index in [4.69, 9.17) is 12.2 Å². The van der Waals surface area contributed by atoms with E-state index < -0.39 is 0 Å². The van der Waals surface area contributed by atoms with Crippen LogP contribution in [0.5, 0.6) is 0 Å². The molecular formula is C14H9S. The summed E-state index contributed by atoms with van der Waals surface area (Å²) < 4.78 is 0. The minimum absolute atomic E-state index is 0.946. The zero-order valence-corrected chi connectivity index (χ0v) is 8.97. The molecule has 0 atom stereocenters. The fraction of sp³-hybridized carbons (Fsp3) is 0.0714. The predicted octanol–water partition coefficient (Wildman–Crippen LogP) is 3.47. The molecule has 0 amide bonds. The van der Waals surface area contributed by atoms with Gasteiger partial charge in [-0.25, -0.2) is 0 Å². The lowest BCUT2D eigenvalue weighted by atomic mass is 9.93. The molecule has 0 saturated heterocycles. The van der Waals surface area contributed by atoms with Crippen LogP contribution in [0.1, 0.15) is 11.1 Å². The number of fused-ring (bicyclic) bond motifs is 2. The number of hydrogen-bond acceptors (Lipinski definition) is 1. The van der Waals surface area contributed by atoms with Gasteiger partial charge in [0.05, 0.1) is 0 Å². The van der Waals surface area contributed by atoms with Gasteiger partial charge in [-0.2, -0.15) is 0 Å². The largest absolute Gasteiger partial charge is 0.0795 e. The minimum atomic E-state index is 0.946. The highest BCUT2D eigenvalue weighted by molar-refractivity contribution is 7.81. The van der Waals surface area contributed by atoms with Gasteiger partial charge in [0.1, 0.15) is 0 Å². The Morgan fingerprint density at radius 1 is 1.20 bits per heavy atom. The molecule has 15 heavy (non-hydrogen) atoms. The number of allylic oxidation sites excluding steroid dienone is 2. The lowest BCUT2D eigenvalue weighted by Crippen LogP contribution is -2.04. The SMILES string of the molecule is S=C1C=CCc2cc3cc[c]cc3cc21. The van der Waals surface area contributed by atoms with Crippen LogP contribution in [0.25, 0.3) is 10.8 Å². The van der Waals surface area contributed by atoms with Gasteiger partial charge in [-0.15, -0.1) is 0 Å². The van der Waals surface area contributed by atoms with Gasteiger partial charge >= 0.3 is 0 Å². The summed E-state index contributed by atoms with van der Waals surface area (Å²) in [5, 5.41) is 2.49. The highest BCUT2D eigenvalue weighted by Gasteiger charge is 2.10. The van der Waals surface area contributed by atoms with Gasteiger partial charge in [-0.1, -0.05) is 36.5 Å². The van der Waals surface area contributed by atoms with Crippen LogP contribution < -0.4 is 0 Å². The minimum Gasteiger partial charge on any atom is -0.0795 e. The smallest absolute Gasteiger partial charge is 0.0449 e. The van der Waals surface area contributed by atoms with Crippen LogP contribution in [0.2, 0.25) is 0 Å². The highest BCUT2D eigenvalue weighted by atomic mass is 32.1. The van der Waals surface area contributed by atoms with E-state index in [0.717, 1.165) is 11.3 Å². The van der Waals surface area contributed by atoms with Crippen LogP contribution in [0.3, 0.4) is 0 Å². The van der Waals surface area contributed by atoms with E-state index >= 15 is 0 Å². The van der Waals surface area contributed by atoms with E-state index in [1.165, 1.54) is 21.9 Å². The molecule has 1 aliphatic rings. The maximum atomic E-state index is 5.33. The molecule has 0 aromatic heterocycles. The Hall–Kier alpha value is -1.47. The molecule has 2 aromatic carbocycles. The van der Waals surface area contributed by atoms with E-state index in [9.17, 15) is 0 Å². The third-order valence-corrected chi connectivity index (χ3v) is 3.14. The first kappa shape index (κ1) is 8.81. The van der Waals surface area contributed by atoms with Crippen molar-refractivity contribution in [2.45, 2.75) is 6.42 Å². The molecule has 0 nitrogen and oxygen atoms in total. The van der Waals surface area contributed by atoms with E-state index in [-0.39, 0.29) is 0 Å². The molecule has 71 valence electrons. The van der Waals surface area contributed by atoms with Crippen molar-refractivity contribution in [2.75, 3.05) is 0 Å². The molecular weight excluding hydrogens is 200 g/mol. The molecule has 3 rings (SSSR count). The number of hydrogen-bond donors (Lipinski definition) is 0. The van der Waals surface area contributed by atoms with E-state index in [1.54, 1.807) is 0 Å². The summed E-state index contributed by atoms with van der Waals surface area (Å²) in [5.41, 5.74) is 2.54. The van der Waals surface area contributed by atoms with Crippen molar-refractivity contribution < 1.29 is 0 Å². The fourth-order valence-electron chi connectivity index (χ4n) is 2.01. The fourth-order valence-corrected chi connectivity index (χ4v) is 2.29. The maximum Gasteiger partial charge on any atom is 0.0449 e. The predicted molar refractivity (Wildman–Crippen MR) is 67.3 cm³/mol. The van der Waals surface area contributed by atoms with Crippen molar-refractivity contribution in [2.24, 2.45) is 0 Å². The molecule has 0 bridgehead atoms. The van der Waals surface area contributed by atoms with Crippen LogP contribution >= 0.6 is 12.2 Å². The van der Waals surface area contributed by atoms with Gasteiger partial charge in [0.2, 0.25) is 0 Å². The average Bonchev–Trinajstić information content (AvgIpc) is 2.27. The highest BCUT2D eigenvalue weighted by Crippen LogP contribution is 2.24. The molecule has 0 aliphatic heterocycles. The zero-order valence-electron chi connectivity index (χ0n) is 8.16. The van der Waals surface area contributed by atoms with Gasteiger partial charge in [-0.05, 0) is 52.6 Å². The second kappa shape index (κ2) is 3.28. The third-order valence-electron chi connectivity index (χ3n) is 2.78. The first-order valence-electron chi connectivity index (χ1n) is 4.98. The molecule has 0 spiro atoms. The first-order valence-corrected chi connectivity index (χ1v) is 5.39. The van der Waals surface area contributed by atoms with E-state index in [0.29, 0.717) is 0 Å². The molecule has 0 heterocycles. The van der Waals surface area contributed by atoms with Crippen LogP contribution in [-0.2, 0) is 6.42 Å². The third kappa shape index (κ3) is 1.40. The number of thiocarbonyl (C=S) groups is 1. The number of benzene rings is 2. The summed E-state index contributed by atoms with van der Waals surface area (Å²) in [7, 11) is 0. The second-order valence-electron chi connectivity index (χ2n) is 3.75. The summed E-state index contributed by atoms with van der Waals surface area (Å²) >= 11 is 5.33. The normalized spacial score (nSPS) is 14.3. The summed E-state index contributed by atoms with van der Waals surface area (Å²) in [5.74, 6) is 0. The van der Waals surface area contributed by atoms with E-state index in [2.05, 4.69) is 30.3 Å². The van der Waals surface area contributed by atoms with Gasteiger partial charge in [0.25, 0.3) is 0 Å². The Kier molecular flexibility index (Phi) is 1.93. The molecule has 0 fully saturated rings. The molecule has 0 saturated carbocycles. The molecule has 0 N–H and O–H groups in total. The van der Waals surface area contributed by atoms with Crippen molar-refractivity contribution in [3.63, 3.8) is 0 Å². The first-order chi connectivity index (χ1) is 7.34. The summed E-state index contributed by atoms with van der Waals surface area (Å²) in [6, 6.07) is 13.6. The molecule has 0 unspecified atom stereocenters. The Balaban J connectivity index is 2.35. The van der Waals surface area contributed by atoms with Crippen LogP contribution in [-0.4, -0.2) is 4.86 Å². The van der Waals surface area contributed by atoms with Crippen molar-refractivity contribution in [1.29, 1.82) is 0 Å². The van der Waals surface area contributed by atoms with Crippen LogP contribution in [0.15, 0.2) is 42.5 Å². The zero-order chi connectivity index (χ0) is 10.3. The van der Waals surface area contributed by atoms with Gasteiger partial charge in [-0.3, -0.25) is 0 Å². The number of rotatable bonds is 0. The molecule has 1 radical (unpaired) electrons. The van der Waals surface area contributed by atoms with Gasteiger partial charge < -0.3 is 0 Å². The van der Waals surface area contributed by atoms with E-state index in [1.807, 2.05) is 18.2 Å². The monoisotopic (exact) mass is 209 g/mol. The standard InChI is InChI=1S/C14H9S/c15-14-7-3-6-12-8-10-4-1-2-5-11(10)9-13(12)14/h1,3-5,7-9H,6H2. The van der Waals surface area contributed by atoms with Crippen molar-refractivity contribution in [3.8, 4) is 0 Å². The Labute approximate surface area is 94.2 Å². The van der Waals surface area contributed by atoms with Crippen molar-refractivity contribution >= 4 is 27.9 Å². The van der Waals surface area contributed by atoms with Crippen molar-refractivity contribution in [1.82, 2.24) is 0 Å². The lowest BCUT2D eigenvalue weighted by molar-refractivity contribution is 1.26.